The van der Waals surface area contributed by atoms with Crippen molar-refractivity contribution in [2.45, 2.75) is 25.7 Å². The predicted molar refractivity (Wildman–Crippen MR) is 73.6 cm³/mol. The largest absolute Gasteiger partial charge is 0.350 e. The van der Waals surface area contributed by atoms with E-state index in [1.807, 2.05) is 0 Å². The normalized spacial score (nSPS) is 18.4. The van der Waals surface area contributed by atoms with Crippen LogP contribution >= 0.6 is 11.6 Å². The molecule has 0 N–H and O–H groups in total. The zero-order valence-electron chi connectivity index (χ0n) is 10.6. The van der Waals surface area contributed by atoms with Crippen molar-refractivity contribution in [1.29, 1.82) is 0 Å². The van der Waals surface area contributed by atoms with E-state index in [4.69, 9.17) is 11.6 Å². The van der Waals surface area contributed by atoms with Crippen LogP contribution in [-0.2, 0) is 0 Å². The van der Waals surface area contributed by atoms with E-state index in [-0.39, 0.29) is 10.6 Å². The molecule has 1 heterocycles. The molecule has 0 radical (unpaired) electrons. The zero-order chi connectivity index (χ0) is 13.4. The maximum absolute atomic E-state index is 11.1. The summed E-state index contributed by atoms with van der Waals surface area (Å²) in [7, 11) is 0. The van der Waals surface area contributed by atoms with Gasteiger partial charge in [-0.1, -0.05) is 11.6 Å². The van der Waals surface area contributed by atoms with Crippen LogP contribution in [0, 0.1) is 22.0 Å². The molecular weight excluding hydrogens is 266 g/mol. The molecule has 1 aromatic heterocycles. The number of aromatic nitrogens is 1. The lowest BCUT2D eigenvalue weighted by Gasteiger charge is -2.23. The summed E-state index contributed by atoms with van der Waals surface area (Å²) in [6, 6.07) is 2.94. The molecule has 2 fully saturated rings. The highest BCUT2D eigenvalue weighted by atomic mass is 35.5. The van der Waals surface area contributed by atoms with E-state index in [0.717, 1.165) is 13.1 Å². The molecule has 2 saturated carbocycles. The lowest BCUT2D eigenvalue weighted by Crippen LogP contribution is -2.29. The van der Waals surface area contributed by atoms with Gasteiger partial charge < -0.3 is 4.90 Å². The van der Waals surface area contributed by atoms with Gasteiger partial charge in [0.1, 0.15) is 5.15 Å². The van der Waals surface area contributed by atoms with Gasteiger partial charge in [0.25, 0.3) is 0 Å². The van der Waals surface area contributed by atoms with Gasteiger partial charge in [0.15, 0.2) is 0 Å². The fourth-order valence-corrected chi connectivity index (χ4v) is 2.41. The molecule has 0 amide bonds. The third kappa shape index (κ3) is 3.15. The van der Waals surface area contributed by atoms with Gasteiger partial charge in [-0.05, 0) is 43.6 Å². The number of pyridine rings is 1. The third-order valence-corrected chi connectivity index (χ3v) is 3.88. The molecule has 0 aliphatic heterocycles. The summed E-state index contributed by atoms with van der Waals surface area (Å²) in [4.78, 5) is 17.0. The van der Waals surface area contributed by atoms with Crippen molar-refractivity contribution in [3.8, 4) is 0 Å². The first-order chi connectivity index (χ1) is 9.13. The van der Waals surface area contributed by atoms with Crippen LogP contribution in [0.25, 0.3) is 0 Å². The molecule has 1 aromatic rings. The highest BCUT2D eigenvalue weighted by Crippen LogP contribution is 2.38. The Morgan fingerprint density at radius 1 is 1.26 bits per heavy atom. The van der Waals surface area contributed by atoms with Crippen LogP contribution in [0.2, 0.25) is 5.15 Å². The quantitative estimate of drug-likeness (QED) is 0.456. The molecule has 5 nitrogen and oxygen atoms in total. The Morgan fingerprint density at radius 2 is 1.84 bits per heavy atom. The minimum Gasteiger partial charge on any atom is -0.350 e. The number of nitro groups is 1. The minimum atomic E-state index is -0.370. The van der Waals surface area contributed by atoms with Gasteiger partial charge in [-0.15, -0.1) is 0 Å². The maximum Gasteiger partial charge on any atom is 0.311 e. The van der Waals surface area contributed by atoms with Gasteiger partial charge >= 0.3 is 5.69 Å². The van der Waals surface area contributed by atoms with Crippen molar-refractivity contribution < 1.29 is 4.92 Å². The summed E-state index contributed by atoms with van der Waals surface area (Å²) in [6.07, 6.45) is 4.87. The average Bonchev–Trinajstić information content (AvgIpc) is 3.22. The molecule has 3 rings (SSSR count). The van der Waals surface area contributed by atoms with Crippen LogP contribution in [0.4, 0.5) is 11.5 Å². The Hall–Kier alpha value is -1.36. The van der Waals surface area contributed by atoms with E-state index in [0.29, 0.717) is 22.8 Å². The Balaban J connectivity index is 1.89. The van der Waals surface area contributed by atoms with Crippen LogP contribution in [0.1, 0.15) is 25.7 Å². The minimum absolute atomic E-state index is 0.0608. The number of hydrogen-bond donors (Lipinski definition) is 0. The van der Waals surface area contributed by atoms with Crippen molar-refractivity contribution in [2.24, 2.45) is 11.8 Å². The molecular formula is C13H16ClN3O2. The lowest BCUT2D eigenvalue weighted by atomic mass is 10.2. The van der Waals surface area contributed by atoms with Gasteiger partial charge in [0, 0.05) is 19.2 Å². The number of halogens is 1. The smallest absolute Gasteiger partial charge is 0.311 e. The number of rotatable bonds is 6. The van der Waals surface area contributed by atoms with Crippen LogP contribution in [0.3, 0.4) is 0 Å². The second-order valence-electron chi connectivity index (χ2n) is 5.53. The first-order valence-electron chi connectivity index (χ1n) is 6.69. The topological polar surface area (TPSA) is 59.3 Å². The van der Waals surface area contributed by atoms with Crippen LogP contribution in [0.5, 0.6) is 0 Å². The Labute approximate surface area is 116 Å². The predicted octanol–water partition coefficient (Wildman–Crippen LogP) is 3.27. The van der Waals surface area contributed by atoms with E-state index in [9.17, 15) is 10.1 Å². The summed E-state index contributed by atoms with van der Waals surface area (Å²) in [5, 5.41) is 11.5. The molecule has 0 spiro atoms. The van der Waals surface area contributed by atoms with Gasteiger partial charge in [-0.25, -0.2) is 4.98 Å². The zero-order valence-corrected chi connectivity index (χ0v) is 11.3. The molecule has 0 bridgehead atoms. The van der Waals surface area contributed by atoms with Crippen LogP contribution in [0.15, 0.2) is 12.1 Å². The van der Waals surface area contributed by atoms with Crippen molar-refractivity contribution in [2.75, 3.05) is 18.0 Å². The number of nitrogens with zero attached hydrogens (tertiary/aromatic N) is 3. The SMILES string of the molecule is O=[N+]([O-])c1ccc(Cl)nc1N(CC1CC1)CC1CC1. The maximum atomic E-state index is 11.1. The summed E-state index contributed by atoms with van der Waals surface area (Å²) in [6.45, 7) is 1.73. The highest BCUT2D eigenvalue weighted by Gasteiger charge is 2.32. The molecule has 19 heavy (non-hydrogen) atoms. The number of hydrogen-bond acceptors (Lipinski definition) is 4. The molecule has 0 aromatic carbocycles. The molecule has 0 atom stereocenters. The van der Waals surface area contributed by atoms with Crippen molar-refractivity contribution in [3.63, 3.8) is 0 Å². The first-order valence-corrected chi connectivity index (χ1v) is 7.07. The Kier molecular flexibility index (Phi) is 3.31. The van der Waals surface area contributed by atoms with Crippen molar-refractivity contribution in [1.82, 2.24) is 4.98 Å². The Bertz CT molecular complexity index is 487. The van der Waals surface area contributed by atoms with Crippen molar-refractivity contribution >= 4 is 23.1 Å². The fourth-order valence-electron chi connectivity index (χ4n) is 2.26. The summed E-state index contributed by atoms with van der Waals surface area (Å²) < 4.78 is 0. The third-order valence-electron chi connectivity index (χ3n) is 3.67. The summed E-state index contributed by atoms with van der Waals surface area (Å²) >= 11 is 5.91. The monoisotopic (exact) mass is 281 g/mol. The summed E-state index contributed by atoms with van der Waals surface area (Å²) in [5.74, 6) is 1.77. The van der Waals surface area contributed by atoms with E-state index < -0.39 is 0 Å². The molecule has 2 aliphatic carbocycles. The Morgan fingerprint density at radius 3 is 2.32 bits per heavy atom. The van der Waals surface area contributed by atoms with Crippen LogP contribution in [-0.4, -0.2) is 23.0 Å². The van der Waals surface area contributed by atoms with E-state index in [1.165, 1.54) is 37.8 Å². The van der Waals surface area contributed by atoms with Gasteiger partial charge in [0.2, 0.25) is 5.82 Å². The van der Waals surface area contributed by atoms with E-state index >= 15 is 0 Å². The number of anilines is 1. The molecule has 0 unspecified atom stereocenters. The van der Waals surface area contributed by atoms with E-state index in [1.54, 1.807) is 0 Å². The van der Waals surface area contributed by atoms with Gasteiger partial charge in [0.05, 0.1) is 4.92 Å². The summed E-state index contributed by atoms with van der Waals surface area (Å²) in [5.41, 5.74) is 0.0608. The van der Waals surface area contributed by atoms with Gasteiger partial charge in [-0.3, -0.25) is 10.1 Å². The lowest BCUT2D eigenvalue weighted by molar-refractivity contribution is -0.384. The fraction of sp³-hybridized carbons (Fsp3) is 0.615. The van der Waals surface area contributed by atoms with Gasteiger partial charge in [-0.2, -0.15) is 0 Å². The molecule has 2 aliphatic rings. The second-order valence-corrected chi connectivity index (χ2v) is 5.91. The molecule has 0 saturated heterocycles. The average molecular weight is 282 g/mol. The van der Waals surface area contributed by atoms with Crippen molar-refractivity contribution in [3.05, 3.63) is 27.4 Å². The van der Waals surface area contributed by atoms with E-state index in [2.05, 4.69) is 9.88 Å². The molecule has 102 valence electrons. The van der Waals surface area contributed by atoms with Crippen LogP contribution < -0.4 is 4.90 Å². The first kappa shape index (κ1) is 12.7. The standard InChI is InChI=1S/C13H16ClN3O2/c14-12-6-5-11(17(18)19)13(15-12)16(7-9-1-2-9)8-10-3-4-10/h5-6,9-10H,1-4,7-8H2. The highest BCUT2D eigenvalue weighted by molar-refractivity contribution is 6.29. The second kappa shape index (κ2) is 4.96. The molecule has 6 heteroatoms.